The molecule has 0 bridgehead atoms. The third kappa shape index (κ3) is 4.74. The fourth-order valence-electron chi connectivity index (χ4n) is 5.00. The number of anilines is 4. The molecule has 174 valence electrons. The van der Waals surface area contributed by atoms with Crippen LogP contribution >= 0.6 is 11.8 Å². The summed E-state index contributed by atoms with van der Waals surface area (Å²) in [5.74, 6) is 4.91. The number of hydrogen-bond donors (Lipinski definition) is 1. The molecule has 2 aliphatic rings. The minimum absolute atomic E-state index is 0.446. The zero-order valence-corrected chi connectivity index (χ0v) is 20.7. The van der Waals surface area contributed by atoms with Crippen molar-refractivity contribution in [2.24, 2.45) is 5.92 Å². The first-order valence-corrected chi connectivity index (χ1v) is 13.5. The molecule has 0 unspecified atom stereocenters. The molecule has 4 heterocycles. The van der Waals surface area contributed by atoms with E-state index < -0.39 is 0 Å². The summed E-state index contributed by atoms with van der Waals surface area (Å²) in [4.78, 5) is 18.8. The largest absolute Gasteiger partial charge is 0.370 e. The number of fused-ring (bicyclic) bond motifs is 1. The molecule has 7 heteroatoms. The van der Waals surface area contributed by atoms with Crippen LogP contribution in [0, 0.1) is 5.92 Å². The van der Waals surface area contributed by atoms with Gasteiger partial charge in [-0.05, 0) is 66.3 Å². The second-order valence-corrected chi connectivity index (χ2v) is 10.5. The zero-order chi connectivity index (χ0) is 22.8. The first kappa shape index (κ1) is 22.3. The van der Waals surface area contributed by atoms with Gasteiger partial charge in [0.2, 0.25) is 5.95 Å². The third-order valence-electron chi connectivity index (χ3n) is 6.77. The lowest BCUT2D eigenvalue weighted by Crippen LogP contribution is -2.48. The zero-order valence-electron chi connectivity index (χ0n) is 19.9. The minimum atomic E-state index is 0.446. The second-order valence-electron chi connectivity index (χ2n) is 9.58. The Morgan fingerprint density at radius 1 is 1.00 bits per heavy atom. The normalized spacial score (nSPS) is 17.0. The highest BCUT2D eigenvalue weighted by molar-refractivity contribution is 7.98. The third-order valence-corrected chi connectivity index (χ3v) is 7.58. The number of hydrogen-bond acceptors (Lipinski definition) is 7. The van der Waals surface area contributed by atoms with Crippen LogP contribution in [0.25, 0.3) is 10.8 Å². The van der Waals surface area contributed by atoms with Gasteiger partial charge in [-0.15, -0.1) is 0 Å². The first-order valence-electron chi connectivity index (χ1n) is 12.1. The Kier molecular flexibility index (Phi) is 6.58. The summed E-state index contributed by atoms with van der Waals surface area (Å²) in [7, 11) is 0. The molecule has 0 saturated carbocycles. The summed E-state index contributed by atoms with van der Waals surface area (Å²) in [6.07, 6.45) is 9.79. The Hall–Kier alpha value is -2.54. The van der Waals surface area contributed by atoms with E-state index in [0.29, 0.717) is 5.92 Å². The highest BCUT2D eigenvalue weighted by Gasteiger charge is 2.28. The van der Waals surface area contributed by atoms with Crippen LogP contribution in [0.5, 0.6) is 0 Å². The highest BCUT2D eigenvalue weighted by Crippen LogP contribution is 2.37. The van der Waals surface area contributed by atoms with Gasteiger partial charge in [-0.2, -0.15) is 16.7 Å². The number of thioether (sulfide) groups is 1. The molecular weight excluding hydrogens is 428 g/mol. The van der Waals surface area contributed by atoms with Gasteiger partial charge in [-0.3, -0.25) is 0 Å². The maximum Gasteiger partial charge on any atom is 0.227 e. The Labute approximate surface area is 201 Å². The van der Waals surface area contributed by atoms with E-state index in [4.69, 9.17) is 9.97 Å². The van der Waals surface area contributed by atoms with E-state index in [1.54, 1.807) is 0 Å². The van der Waals surface area contributed by atoms with Gasteiger partial charge in [0.25, 0.3) is 0 Å². The monoisotopic (exact) mass is 462 g/mol. The van der Waals surface area contributed by atoms with Crippen LogP contribution in [0.3, 0.4) is 0 Å². The molecule has 0 atom stereocenters. The van der Waals surface area contributed by atoms with Crippen LogP contribution < -0.4 is 15.1 Å². The average Bonchev–Trinajstić information content (AvgIpc) is 2.81. The molecule has 5 rings (SSSR count). The van der Waals surface area contributed by atoms with Gasteiger partial charge in [0.15, 0.2) is 0 Å². The molecule has 2 aliphatic heterocycles. The van der Waals surface area contributed by atoms with Crippen LogP contribution in [-0.2, 0) is 0 Å². The van der Waals surface area contributed by atoms with E-state index in [-0.39, 0.29) is 0 Å². The molecule has 0 radical (unpaired) electrons. The van der Waals surface area contributed by atoms with Gasteiger partial charge in [-0.1, -0.05) is 19.9 Å². The molecule has 2 aromatic heterocycles. The number of aromatic nitrogens is 3. The van der Waals surface area contributed by atoms with E-state index in [2.05, 4.69) is 58.4 Å². The van der Waals surface area contributed by atoms with Gasteiger partial charge in [0.1, 0.15) is 11.6 Å². The summed E-state index contributed by atoms with van der Waals surface area (Å²) in [6, 6.07) is 8.70. The lowest BCUT2D eigenvalue weighted by Gasteiger charge is -2.41. The fraction of sp³-hybridized carbons (Fsp3) is 0.500. The SMILES string of the molecule is CSCC1CN(c2ccc(C(C)C)c3cc(Nc4ccnc(N5CCCCC5)n4)ncc23)C1. The van der Waals surface area contributed by atoms with Crippen LogP contribution in [0.2, 0.25) is 0 Å². The maximum absolute atomic E-state index is 4.79. The van der Waals surface area contributed by atoms with Crippen molar-refractivity contribution < 1.29 is 0 Å². The average molecular weight is 463 g/mol. The number of benzene rings is 1. The van der Waals surface area contributed by atoms with Gasteiger partial charge < -0.3 is 15.1 Å². The number of nitrogens with zero attached hydrogens (tertiary/aromatic N) is 5. The predicted octanol–water partition coefficient (Wildman–Crippen LogP) is 5.68. The molecule has 0 amide bonds. The predicted molar refractivity (Wildman–Crippen MR) is 141 cm³/mol. The van der Waals surface area contributed by atoms with Gasteiger partial charge in [0, 0.05) is 55.6 Å². The summed E-state index contributed by atoms with van der Waals surface area (Å²) >= 11 is 1.94. The molecule has 1 aromatic carbocycles. The van der Waals surface area contributed by atoms with E-state index in [1.807, 2.05) is 30.2 Å². The Balaban J connectivity index is 1.42. The van der Waals surface area contributed by atoms with Gasteiger partial charge in [-0.25, -0.2) is 9.97 Å². The van der Waals surface area contributed by atoms with E-state index in [1.165, 1.54) is 47.0 Å². The van der Waals surface area contributed by atoms with Crippen molar-refractivity contribution in [1.29, 1.82) is 0 Å². The standard InChI is InChI=1S/C26H34N6S/c1-18(2)20-7-8-23(32-15-19(16-32)17-33-3)22-14-28-25(13-21(20)22)29-24-9-10-27-26(30-24)31-11-5-4-6-12-31/h7-10,13-14,18-19H,4-6,11-12,15-17H2,1-3H3,(H,27,28,29,30). The van der Waals surface area contributed by atoms with E-state index in [0.717, 1.165) is 49.7 Å². The van der Waals surface area contributed by atoms with Crippen molar-refractivity contribution in [2.75, 3.05) is 53.3 Å². The topological polar surface area (TPSA) is 57.2 Å². The van der Waals surface area contributed by atoms with Crippen LogP contribution in [0.4, 0.5) is 23.3 Å². The number of piperidine rings is 1. The second kappa shape index (κ2) is 9.75. The number of nitrogens with one attached hydrogen (secondary N) is 1. The van der Waals surface area contributed by atoms with Crippen molar-refractivity contribution in [3.63, 3.8) is 0 Å². The number of pyridine rings is 1. The molecule has 2 fully saturated rings. The maximum atomic E-state index is 4.79. The van der Waals surface area contributed by atoms with Crippen molar-refractivity contribution in [1.82, 2.24) is 15.0 Å². The Bertz CT molecular complexity index is 1110. The molecule has 2 saturated heterocycles. The van der Waals surface area contributed by atoms with Crippen molar-refractivity contribution in [2.45, 2.75) is 39.0 Å². The van der Waals surface area contributed by atoms with Crippen LogP contribution in [0.15, 0.2) is 36.7 Å². The molecule has 1 N–H and O–H groups in total. The summed E-state index contributed by atoms with van der Waals surface area (Å²) in [5.41, 5.74) is 2.66. The lowest BCUT2D eigenvalue weighted by atomic mass is 9.93. The van der Waals surface area contributed by atoms with Gasteiger partial charge in [0.05, 0.1) is 0 Å². The van der Waals surface area contributed by atoms with Gasteiger partial charge >= 0.3 is 0 Å². The molecule has 3 aromatic rings. The molecule has 0 aliphatic carbocycles. The minimum Gasteiger partial charge on any atom is -0.370 e. The number of rotatable bonds is 7. The van der Waals surface area contributed by atoms with E-state index >= 15 is 0 Å². The molecule has 6 nitrogen and oxygen atoms in total. The van der Waals surface area contributed by atoms with E-state index in [9.17, 15) is 0 Å². The Morgan fingerprint density at radius 2 is 1.82 bits per heavy atom. The van der Waals surface area contributed by atoms with Crippen molar-refractivity contribution in [3.8, 4) is 0 Å². The summed E-state index contributed by atoms with van der Waals surface area (Å²) in [5, 5.41) is 5.96. The summed E-state index contributed by atoms with van der Waals surface area (Å²) < 4.78 is 0. The Morgan fingerprint density at radius 3 is 2.58 bits per heavy atom. The van der Waals surface area contributed by atoms with Crippen LogP contribution in [-0.4, -0.2) is 53.1 Å². The molecule has 33 heavy (non-hydrogen) atoms. The van der Waals surface area contributed by atoms with Crippen molar-refractivity contribution in [3.05, 3.63) is 42.2 Å². The lowest BCUT2D eigenvalue weighted by molar-refractivity contribution is 0.456. The first-order chi connectivity index (χ1) is 16.1. The van der Waals surface area contributed by atoms with Crippen LogP contribution in [0.1, 0.15) is 44.6 Å². The molecule has 0 spiro atoms. The highest BCUT2D eigenvalue weighted by atomic mass is 32.2. The fourth-order valence-corrected chi connectivity index (χ4v) is 5.68. The molecular formula is C26H34N6S. The van der Waals surface area contributed by atoms with Crippen molar-refractivity contribution >= 4 is 45.8 Å². The summed E-state index contributed by atoms with van der Waals surface area (Å²) in [6.45, 7) is 8.86. The smallest absolute Gasteiger partial charge is 0.227 e. The quantitative estimate of drug-likeness (QED) is 0.485.